The lowest BCUT2D eigenvalue weighted by Gasteiger charge is -2.40. The van der Waals surface area contributed by atoms with Crippen molar-refractivity contribution in [2.24, 2.45) is 10.9 Å². The number of benzene rings is 2. The van der Waals surface area contributed by atoms with Crippen molar-refractivity contribution in [3.05, 3.63) is 58.6 Å². The number of rotatable bonds is 6. The van der Waals surface area contributed by atoms with Gasteiger partial charge in [0, 0.05) is 49.6 Å². The van der Waals surface area contributed by atoms with Gasteiger partial charge in [-0.2, -0.15) is 0 Å². The van der Waals surface area contributed by atoms with Crippen molar-refractivity contribution < 1.29 is 19.1 Å². The second kappa shape index (κ2) is 13.1. The molecule has 0 spiro atoms. The topological polar surface area (TPSA) is 74.7 Å². The molecule has 2 fully saturated rings. The molecule has 2 atom stereocenters. The van der Waals surface area contributed by atoms with Gasteiger partial charge in [0.05, 0.1) is 30.9 Å². The summed E-state index contributed by atoms with van der Waals surface area (Å²) in [5.74, 6) is 2.15. The van der Waals surface area contributed by atoms with Crippen LogP contribution in [0.5, 0.6) is 11.5 Å². The molecule has 2 heterocycles. The third-order valence-corrected chi connectivity index (χ3v) is 9.18. The van der Waals surface area contributed by atoms with Crippen molar-refractivity contribution in [2.75, 3.05) is 33.3 Å². The largest absolute Gasteiger partial charge is 0.497 e. The van der Waals surface area contributed by atoms with E-state index in [2.05, 4.69) is 0 Å². The smallest absolute Gasteiger partial charge is 0.326 e. The monoisotopic (exact) mass is 614 g/mol. The Hall–Kier alpha value is -2.97. The van der Waals surface area contributed by atoms with Gasteiger partial charge < -0.3 is 19.3 Å². The van der Waals surface area contributed by atoms with E-state index in [0.29, 0.717) is 48.5 Å². The number of ether oxygens (including phenoxy) is 2. The standard InChI is InChI=1S/C32H40Cl2N4O4/c1-20(2)42-28-19-26(41-4)13-14-27(28)31-35-29(22-5-9-24(33)10-6-22)30(23-7-11-25(34)12-8-23)38(31)32(40)37-17-15-36(16-18-37)21(3)39/h7-8,11-14,19-20,22,24,29-30H,5-6,9-10,15-18H2,1-4H3/t22?,24?,29-,30+/m0/s1. The van der Waals surface area contributed by atoms with Crippen molar-refractivity contribution in [1.82, 2.24) is 14.7 Å². The van der Waals surface area contributed by atoms with E-state index in [1.807, 2.05) is 66.1 Å². The predicted octanol–water partition coefficient (Wildman–Crippen LogP) is 6.39. The first-order valence-electron chi connectivity index (χ1n) is 14.8. The van der Waals surface area contributed by atoms with Crippen molar-refractivity contribution in [1.29, 1.82) is 0 Å². The Morgan fingerprint density at radius 3 is 2.19 bits per heavy atom. The van der Waals surface area contributed by atoms with Crippen LogP contribution >= 0.6 is 23.2 Å². The summed E-state index contributed by atoms with van der Waals surface area (Å²) in [7, 11) is 1.62. The van der Waals surface area contributed by atoms with E-state index in [0.717, 1.165) is 36.8 Å². The molecule has 2 aromatic rings. The maximum atomic E-state index is 14.6. The number of halogens is 2. The molecule has 1 saturated carbocycles. The SMILES string of the molecule is COc1ccc(C2=N[C@@H](C3CCC(Cl)CC3)[C@@H](c3ccc(Cl)cc3)N2C(=O)N2CCN(C(C)=O)CC2)c(OC(C)C)c1. The number of alkyl halides is 1. The van der Waals surface area contributed by atoms with Crippen LogP contribution in [0.1, 0.15) is 63.6 Å². The van der Waals surface area contributed by atoms with E-state index >= 15 is 0 Å². The van der Waals surface area contributed by atoms with Gasteiger partial charge in [0.1, 0.15) is 17.3 Å². The molecular formula is C32H40Cl2N4O4. The fraction of sp³-hybridized carbons (Fsp3) is 0.531. The van der Waals surface area contributed by atoms with E-state index in [-0.39, 0.29) is 41.4 Å². The average Bonchev–Trinajstić information content (AvgIpc) is 3.37. The van der Waals surface area contributed by atoms with Crippen molar-refractivity contribution >= 4 is 41.0 Å². The Bertz CT molecular complexity index is 1300. The summed E-state index contributed by atoms with van der Waals surface area (Å²) < 4.78 is 11.8. The van der Waals surface area contributed by atoms with Crippen LogP contribution < -0.4 is 9.47 Å². The molecule has 5 rings (SSSR count). The molecule has 0 radical (unpaired) electrons. The molecule has 2 aromatic carbocycles. The normalized spacial score (nSPS) is 24.5. The zero-order valence-corrected chi connectivity index (χ0v) is 26.3. The Morgan fingerprint density at radius 2 is 1.60 bits per heavy atom. The lowest BCUT2D eigenvalue weighted by atomic mass is 9.79. The van der Waals surface area contributed by atoms with Crippen molar-refractivity contribution in [3.8, 4) is 11.5 Å². The fourth-order valence-electron chi connectivity index (χ4n) is 6.29. The highest BCUT2D eigenvalue weighted by atomic mass is 35.5. The van der Waals surface area contributed by atoms with Gasteiger partial charge in [-0.1, -0.05) is 23.7 Å². The lowest BCUT2D eigenvalue weighted by Crippen LogP contribution is -2.55. The summed E-state index contributed by atoms with van der Waals surface area (Å²) in [4.78, 5) is 37.5. The van der Waals surface area contributed by atoms with Gasteiger partial charge in [-0.3, -0.25) is 14.7 Å². The number of piperazine rings is 1. The van der Waals surface area contributed by atoms with Crippen LogP contribution in [-0.4, -0.2) is 83.3 Å². The van der Waals surface area contributed by atoms with Crippen LogP contribution in [0.25, 0.3) is 0 Å². The number of nitrogens with zero attached hydrogens (tertiary/aromatic N) is 4. The molecule has 0 unspecified atom stereocenters. The number of amides is 3. The minimum Gasteiger partial charge on any atom is -0.497 e. The highest BCUT2D eigenvalue weighted by Crippen LogP contribution is 2.45. The van der Waals surface area contributed by atoms with Gasteiger partial charge in [-0.25, -0.2) is 4.79 Å². The van der Waals surface area contributed by atoms with Gasteiger partial charge in [0.2, 0.25) is 5.91 Å². The summed E-state index contributed by atoms with van der Waals surface area (Å²) >= 11 is 12.8. The summed E-state index contributed by atoms with van der Waals surface area (Å²) in [6.45, 7) is 7.42. The molecule has 2 aliphatic heterocycles. The molecule has 1 aliphatic carbocycles. The molecule has 10 heteroatoms. The molecule has 8 nitrogen and oxygen atoms in total. The molecule has 3 amide bonds. The average molecular weight is 616 g/mol. The highest BCUT2D eigenvalue weighted by Gasteiger charge is 2.47. The summed E-state index contributed by atoms with van der Waals surface area (Å²) in [6.07, 6.45) is 3.63. The third kappa shape index (κ3) is 6.50. The minimum atomic E-state index is -0.332. The van der Waals surface area contributed by atoms with Gasteiger partial charge in [0.15, 0.2) is 0 Å². The van der Waals surface area contributed by atoms with E-state index in [1.54, 1.807) is 18.9 Å². The van der Waals surface area contributed by atoms with Crippen LogP contribution in [0.4, 0.5) is 4.79 Å². The Balaban J connectivity index is 1.62. The van der Waals surface area contributed by atoms with E-state index in [9.17, 15) is 9.59 Å². The summed E-state index contributed by atoms with van der Waals surface area (Å²) in [6, 6.07) is 12.8. The van der Waals surface area contributed by atoms with Gasteiger partial charge in [0.25, 0.3) is 0 Å². The Kier molecular flexibility index (Phi) is 9.53. The number of carbonyl (C=O) groups excluding carboxylic acids is 2. The number of hydrogen-bond donors (Lipinski definition) is 0. The first-order valence-corrected chi connectivity index (χ1v) is 15.6. The van der Waals surface area contributed by atoms with Crippen molar-refractivity contribution in [3.63, 3.8) is 0 Å². The third-order valence-electron chi connectivity index (χ3n) is 8.49. The summed E-state index contributed by atoms with van der Waals surface area (Å²) in [5.41, 5.74) is 1.72. The maximum Gasteiger partial charge on any atom is 0.326 e. The summed E-state index contributed by atoms with van der Waals surface area (Å²) in [5, 5.41) is 0.807. The van der Waals surface area contributed by atoms with Crippen LogP contribution in [0.3, 0.4) is 0 Å². The molecule has 42 heavy (non-hydrogen) atoms. The highest BCUT2D eigenvalue weighted by molar-refractivity contribution is 6.30. The number of methoxy groups -OCH3 is 1. The van der Waals surface area contributed by atoms with Crippen LogP contribution in [0.2, 0.25) is 5.02 Å². The molecule has 0 N–H and O–H groups in total. The van der Waals surface area contributed by atoms with Crippen LogP contribution in [0.15, 0.2) is 47.5 Å². The first kappa shape index (κ1) is 30.5. The molecule has 226 valence electrons. The first-order chi connectivity index (χ1) is 20.2. The number of carbonyl (C=O) groups is 2. The zero-order valence-electron chi connectivity index (χ0n) is 24.8. The number of urea groups is 1. The molecule has 1 saturated heterocycles. The molecular weight excluding hydrogens is 575 g/mol. The van der Waals surface area contributed by atoms with Gasteiger partial charge in [-0.05, 0) is 75.3 Å². The zero-order chi connectivity index (χ0) is 30.0. The van der Waals surface area contributed by atoms with E-state index in [1.165, 1.54) is 0 Å². The van der Waals surface area contributed by atoms with Crippen LogP contribution in [-0.2, 0) is 4.79 Å². The predicted molar refractivity (Wildman–Crippen MR) is 166 cm³/mol. The fourth-order valence-corrected chi connectivity index (χ4v) is 6.67. The lowest BCUT2D eigenvalue weighted by molar-refractivity contribution is -0.130. The van der Waals surface area contributed by atoms with E-state index in [4.69, 9.17) is 37.7 Å². The second-order valence-corrected chi connectivity index (χ2v) is 12.7. The number of hydrogen-bond acceptors (Lipinski definition) is 5. The van der Waals surface area contributed by atoms with Gasteiger partial charge >= 0.3 is 6.03 Å². The molecule has 3 aliphatic rings. The van der Waals surface area contributed by atoms with Gasteiger partial charge in [-0.15, -0.1) is 11.6 Å². The van der Waals surface area contributed by atoms with Crippen molar-refractivity contribution in [2.45, 2.75) is 70.0 Å². The van der Waals surface area contributed by atoms with E-state index < -0.39 is 0 Å². The van der Waals surface area contributed by atoms with Crippen LogP contribution in [0, 0.1) is 5.92 Å². The maximum absolute atomic E-state index is 14.6. The number of amidine groups is 1. The Morgan fingerprint density at radius 1 is 0.952 bits per heavy atom. The minimum absolute atomic E-state index is 0.0215. The number of aliphatic imine (C=N–C) groups is 1. The quantitative estimate of drug-likeness (QED) is 0.353. The molecule has 0 aromatic heterocycles. The molecule has 0 bridgehead atoms. The second-order valence-electron chi connectivity index (χ2n) is 11.6. The Labute approximate surface area is 258 Å².